The first-order valence-corrected chi connectivity index (χ1v) is 8.02. The van der Waals surface area contributed by atoms with Crippen LogP contribution in [0.5, 0.6) is 5.75 Å². The van der Waals surface area contributed by atoms with Gasteiger partial charge in [0.2, 0.25) is 0 Å². The first-order chi connectivity index (χ1) is 11.1. The highest BCUT2D eigenvalue weighted by molar-refractivity contribution is 5.96. The number of benzene rings is 1. The fourth-order valence-corrected chi connectivity index (χ4v) is 2.71. The van der Waals surface area contributed by atoms with Crippen LogP contribution in [0.4, 0.5) is 0 Å². The molecule has 5 nitrogen and oxygen atoms in total. The predicted octanol–water partition coefficient (Wildman–Crippen LogP) is 2.89. The van der Waals surface area contributed by atoms with Crippen molar-refractivity contribution < 1.29 is 9.53 Å². The van der Waals surface area contributed by atoms with E-state index >= 15 is 0 Å². The van der Waals surface area contributed by atoms with Crippen LogP contribution in [0.1, 0.15) is 40.7 Å². The quantitative estimate of drug-likeness (QED) is 0.799. The third-order valence-electron chi connectivity index (χ3n) is 3.99. The van der Waals surface area contributed by atoms with Gasteiger partial charge in [0.05, 0.1) is 18.4 Å². The highest BCUT2D eigenvalue weighted by Crippen LogP contribution is 2.14. The summed E-state index contributed by atoms with van der Waals surface area (Å²) < 4.78 is 7.01. The van der Waals surface area contributed by atoms with E-state index in [4.69, 9.17) is 4.74 Å². The van der Waals surface area contributed by atoms with Crippen molar-refractivity contribution in [3.63, 3.8) is 0 Å². The van der Waals surface area contributed by atoms with Crippen molar-refractivity contribution >= 4 is 5.91 Å². The Labute approximate surface area is 137 Å². The van der Waals surface area contributed by atoms with Crippen molar-refractivity contribution in [2.45, 2.75) is 40.2 Å². The Morgan fingerprint density at radius 1 is 1.26 bits per heavy atom. The van der Waals surface area contributed by atoms with Gasteiger partial charge in [0.15, 0.2) is 0 Å². The number of hydrogen-bond donors (Lipinski definition) is 1. The Morgan fingerprint density at radius 3 is 2.52 bits per heavy atom. The highest BCUT2D eigenvalue weighted by Gasteiger charge is 2.17. The van der Waals surface area contributed by atoms with E-state index in [1.165, 1.54) is 5.56 Å². The molecule has 0 aliphatic rings. The predicted molar refractivity (Wildman–Crippen MR) is 91.0 cm³/mol. The maximum Gasteiger partial charge on any atom is 0.255 e. The molecule has 5 heteroatoms. The molecule has 0 aliphatic heterocycles. The average Bonchev–Trinajstić information content (AvgIpc) is 2.86. The molecule has 1 heterocycles. The van der Waals surface area contributed by atoms with Crippen molar-refractivity contribution in [1.29, 1.82) is 0 Å². The van der Waals surface area contributed by atoms with Gasteiger partial charge < -0.3 is 10.1 Å². The summed E-state index contributed by atoms with van der Waals surface area (Å²) in [7, 11) is 1.66. The van der Waals surface area contributed by atoms with E-state index in [-0.39, 0.29) is 5.91 Å². The van der Waals surface area contributed by atoms with Gasteiger partial charge in [-0.25, -0.2) is 0 Å². The molecular formula is C18H25N3O2. The van der Waals surface area contributed by atoms with Crippen LogP contribution in [0.3, 0.4) is 0 Å². The van der Waals surface area contributed by atoms with Gasteiger partial charge in [-0.15, -0.1) is 0 Å². The van der Waals surface area contributed by atoms with Gasteiger partial charge in [-0.05, 0) is 51.3 Å². The van der Waals surface area contributed by atoms with Crippen LogP contribution in [0.2, 0.25) is 0 Å². The molecule has 23 heavy (non-hydrogen) atoms. The number of methoxy groups -OCH3 is 1. The van der Waals surface area contributed by atoms with Crippen molar-refractivity contribution in [2.24, 2.45) is 0 Å². The Kier molecular flexibility index (Phi) is 5.79. The number of ether oxygens (including phenoxy) is 1. The Bertz CT molecular complexity index is 660. The Hall–Kier alpha value is -2.30. The summed E-state index contributed by atoms with van der Waals surface area (Å²) in [5, 5.41) is 7.38. The Morgan fingerprint density at radius 2 is 1.96 bits per heavy atom. The number of aryl methyl sites for hydroxylation is 3. The van der Waals surface area contributed by atoms with E-state index in [2.05, 4.69) is 22.5 Å². The summed E-state index contributed by atoms with van der Waals surface area (Å²) in [6, 6.07) is 8.03. The normalized spacial score (nSPS) is 10.6. The topological polar surface area (TPSA) is 56.2 Å². The van der Waals surface area contributed by atoms with E-state index in [1.807, 2.05) is 37.6 Å². The number of nitrogens with one attached hydrogen (secondary N) is 1. The standard InChI is InChI=1S/C18H25N3O2/c1-5-21-14(3)17(13(2)20-21)18(22)19-12-6-7-15-8-10-16(23-4)11-9-15/h8-11H,5-7,12H2,1-4H3,(H,19,22). The Balaban J connectivity index is 1.84. The number of aromatic nitrogens is 2. The second kappa shape index (κ2) is 7.81. The number of rotatable bonds is 7. The molecular weight excluding hydrogens is 290 g/mol. The van der Waals surface area contributed by atoms with Crippen molar-refractivity contribution in [1.82, 2.24) is 15.1 Å². The number of hydrogen-bond acceptors (Lipinski definition) is 3. The maximum atomic E-state index is 12.3. The van der Waals surface area contributed by atoms with Crippen LogP contribution in [0.15, 0.2) is 24.3 Å². The fourth-order valence-electron chi connectivity index (χ4n) is 2.71. The van der Waals surface area contributed by atoms with E-state index < -0.39 is 0 Å². The minimum atomic E-state index is -0.0329. The lowest BCUT2D eigenvalue weighted by Crippen LogP contribution is -2.26. The summed E-state index contributed by atoms with van der Waals surface area (Å²) in [6.07, 6.45) is 1.83. The number of carbonyl (C=O) groups excluding carboxylic acids is 1. The molecule has 2 rings (SSSR count). The summed E-state index contributed by atoms with van der Waals surface area (Å²) in [6.45, 7) is 7.27. The van der Waals surface area contributed by atoms with Crippen LogP contribution in [-0.4, -0.2) is 29.3 Å². The SMILES string of the molecule is CCn1nc(C)c(C(=O)NCCCc2ccc(OC)cc2)c1C. The van der Waals surface area contributed by atoms with Gasteiger partial charge in [0.1, 0.15) is 5.75 Å². The number of nitrogens with zero attached hydrogens (tertiary/aromatic N) is 2. The zero-order valence-electron chi connectivity index (χ0n) is 14.3. The molecule has 1 aromatic heterocycles. The monoisotopic (exact) mass is 315 g/mol. The molecule has 0 unspecified atom stereocenters. The van der Waals surface area contributed by atoms with Crippen molar-refractivity contribution in [2.75, 3.05) is 13.7 Å². The molecule has 1 aromatic carbocycles. The molecule has 2 aromatic rings. The summed E-state index contributed by atoms with van der Waals surface area (Å²) in [5.74, 6) is 0.829. The van der Waals surface area contributed by atoms with Gasteiger partial charge in [0, 0.05) is 18.8 Å². The van der Waals surface area contributed by atoms with Gasteiger partial charge in [-0.2, -0.15) is 5.10 Å². The van der Waals surface area contributed by atoms with Gasteiger partial charge in [-0.3, -0.25) is 9.48 Å². The van der Waals surface area contributed by atoms with E-state index in [1.54, 1.807) is 7.11 Å². The third kappa shape index (κ3) is 4.12. The van der Waals surface area contributed by atoms with Gasteiger partial charge in [0.25, 0.3) is 5.91 Å². The summed E-state index contributed by atoms with van der Waals surface area (Å²) in [5.41, 5.74) is 3.66. The average molecular weight is 315 g/mol. The molecule has 0 saturated carbocycles. The lowest BCUT2D eigenvalue weighted by atomic mass is 10.1. The smallest absolute Gasteiger partial charge is 0.255 e. The molecule has 0 bridgehead atoms. The molecule has 1 amide bonds. The fraction of sp³-hybridized carbons (Fsp3) is 0.444. The molecule has 0 atom stereocenters. The molecule has 0 fully saturated rings. The summed E-state index contributed by atoms with van der Waals surface area (Å²) in [4.78, 5) is 12.3. The second-order valence-corrected chi connectivity index (χ2v) is 5.57. The van der Waals surface area contributed by atoms with E-state index in [0.717, 1.165) is 36.5 Å². The van der Waals surface area contributed by atoms with Crippen molar-refractivity contribution in [3.05, 3.63) is 46.8 Å². The first-order valence-electron chi connectivity index (χ1n) is 8.02. The molecule has 1 N–H and O–H groups in total. The highest BCUT2D eigenvalue weighted by atomic mass is 16.5. The molecule has 0 spiro atoms. The first kappa shape index (κ1) is 17.1. The summed E-state index contributed by atoms with van der Waals surface area (Å²) >= 11 is 0. The number of carbonyl (C=O) groups is 1. The van der Waals surface area contributed by atoms with Crippen LogP contribution >= 0.6 is 0 Å². The van der Waals surface area contributed by atoms with Crippen LogP contribution in [-0.2, 0) is 13.0 Å². The maximum absolute atomic E-state index is 12.3. The lowest BCUT2D eigenvalue weighted by Gasteiger charge is -2.07. The van der Waals surface area contributed by atoms with E-state index in [0.29, 0.717) is 12.1 Å². The zero-order valence-corrected chi connectivity index (χ0v) is 14.3. The lowest BCUT2D eigenvalue weighted by molar-refractivity contribution is 0.0952. The van der Waals surface area contributed by atoms with Gasteiger partial charge in [-0.1, -0.05) is 12.1 Å². The van der Waals surface area contributed by atoms with Crippen LogP contribution < -0.4 is 10.1 Å². The molecule has 0 saturated heterocycles. The number of amides is 1. The molecule has 124 valence electrons. The second-order valence-electron chi connectivity index (χ2n) is 5.57. The molecule has 0 aliphatic carbocycles. The van der Waals surface area contributed by atoms with Crippen molar-refractivity contribution in [3.8, 4) is 5.75 Å². The molecule has 0 radical (unpaired) electrons. The van der Waals surface area contributed by atoms with E-state index in [9.17, 15) is 4.79 Å². The largest absolute Gasteiger partial charge is 0.497 e. The van der Waals surface area contributed by atoms with Crippen LogP contribution in [0, 0.1) is 13.8 Å². The van der Waals surface area contributed by atoms with Crippen LogP contribution in [0.25, 0.3) is 0 Å². The van der Waals surface area contributed by atoms with Gasteiger partial charge >= 0.3 is 0 Å². The zero-order chi connectivity index (χ0) is 16.8. The minimum absolute atomic E-state index is 0.0329. The minimum Gasteiger partial charge on any atom is -0.497 e. The third-order valence-corrected chi connectivity index (χ3v) is 3.99.